The predicted molar refractivity (Wildman–Crippen MR) is 141 cm³/mol. The van der Waals surface area contributed by atoms with Gasteiger partial charge >= 0.3 is 6.18 Å². The van der Waals surface area contributed by atoms with Gasteiger partial charge in [0, 0.05) is 28.6 Å². The van der Waals surface area contributed by atoms with Gasteiger partial charge in [-0.2, -0.15) is 13.2 Å². The molecule has 0 spiro atoms. The number of alkyl halides is 4. The number of carbonyl (C=O) groups is 1. The third-order valence-electron chi connectivity index (χ3n) is 6.70. The van der Waals surface area contributed by atoms with Crippen molar-refractivity contribution in [2.75, 3.05) is 18.6 Å². The number of hydrogen-bond acceptors (Lipinski definition) is 5. The maximum absolute atomic E-state index is 14.2. The topological polar surface area (TPSA) is 71.9 Å². The minimum atomic E-state index is -5.25. The Bertz CT molecular complexity index is 1340. The average molecular weight is 611 g/mol. The normalized spacial score (nSPS) is 17.9. The highest BCUT2D eigenvalue weighted by Crippen LogP contribution is 2.44. The van der Waals surface area contributed by atoms with Gasteiger partial charge in [0.2, 0.25) is 11.5 Å². The zero-order chi connectivity index (χ0) is 28.4. The molecule has 0 radical (unpaired) electrons. The number of carbonyl (C=O) groups excluding carboxylic acids is 1. The van der Waals surface area contributed by atoms with Crippen LogP contribution in [0, 0.1) is 0 Å². The molecule has 1 aliphatic rings. The first kappa shape index (κ1) is 28.8. The fraction of sp³-hybridized carbons (Fsp3) is 0.357. The Morgan fingerprint density at radius 1 is 1.18 bits per heavy atom. The largest absolute Gasteiger partial charge is 0.497 e. The van der Waals surface area contributed by atoms with E-state index in [1.807, 2.05) is 0 Å². The fourth-order valence-corrected chi connectivity index (χ4v) is 5.05. The number of aryl methyl sites for hydroxylation is 1. The smallest absolute Gasteiger partial charge is 0.424 e. The molecule has 4 rings (SSSR count). The number of nitrogens with zero attached hydrogens (tertiary/aromatic N) is 2. The minimum absolute atomic E-state index is 0.0203. The lowest BCUT2D eigenvalue weighted by molar-refractivity contribution is -0.285. The van der Waals surface area contributed by atoms with Gasteiger partial charge in [-0.1, -0.05) is 18.2 Å². The molecule has 208 valence electrons. The summed E-state index contributed by atoms with van der Waals surface area (Å²) in [6.07, 6.45) is -4.68. The number of rotatable bonds is 7. The van der Waals surface area contributed by atoms with Gasteiger partial charge in [0.05, 0.1) is 20.1 Å². The first-order valence-corrected chi connectivity index (χ1v) is 13.0. The summed E-state index contributed by atoms with van der Waals surface area (Å²) in [5.74, 6) is 0.762. The van der Waals surface area contributed by atoms with E-state index in [1.54, 1.807) is 42.7 Å². The van der Waals surface area contributed by atoms with E-state index in [-0.39, 0.29) is 25.3 Å². The molecule has 0 aliphatic carbocycles. The summed E-state index contributed by atoms with van der Waals surface area (Å²) in [5.41, 5.74) is -2.94. The van der Waals surface area contributed by atoms with E-state index in [9.17, 15) is 27.5 Å². The molecule has 3 atom stereocenters. The van der Waals surface area contributed by atoms with Crippen molar-refractivity contribution in [3.05, 3.63) is 82.1 Å². The lowest BCUT2D eigenvalue weighted by Crippen LogP contribution is -2.49. The number of ether oxygens (including phenoxy) is 2. The van der Waals surface area contributed by atoms with Crippen LogP contribution in [0.4, 0.5) is 23.2 Å². The zero-order valence-electron chi connectivity index (χ0n) is 21.2. The molecular formula is C28H27BrF4N2O4. The first-order chi connectivity index (χ1) is 18.4. The van der Waals surface area contributed by atoms with Gasteiger partial charge in [0.15, 0.2) is 0 Å². The van der Waals surface area contributed by atoms with Crippen LogP contribution in [0.2, 0.25) is 0 Å². The van der Waals surface area contributed by atoms with Gasteiger partial charge < -0.3 is 19.5 Å². The Balaban J connectivity index is 1.72. The molecule has 2 aromatic carbocycles. The van der Waals surface area contributed by atoms with Gasteiger partial charge in [-0.3, -0.25) is 9.78 Å². The number of aromatic nitrogens is 1. The van der Waals surface area contributed by atoms with Gasteiger partial charge in [0.1, 0.15) is 23.8 Å². The molecule has 0 bridgehead atoms. The highest BCUT2D eigenvalue weighted by Gasteiger charge is 2.59. The van der Waals surface area contributed by atoms with Crippen LogP contribution in [0.15, 0.2) is 65.4 Å². The number of amides is 1. The van der Waals surface area contributed by atoms with Crippen molar-refractivity contribution in [3.8, 4) is 11.5 Å². The number of hydrogen-bond donors (Lipinski definition) is 1. The highest BCUT2D eigenvalue weighted by atomic mass is 79.9. The first-order valence-electron chi connectivity index (χ1n) is 12.2. The van der Waals surface area contributed by atoms with Crippen LogP contribution in [0.25, 0.3) is 0 Å². The number of methoxy groups -OCH3 is 1. The lowest BCUT2D eigenvalue weighted by atomic mass is 9.87. The summed E-state index contributed by atoms with van der Waals surface area (Å²) < 4.78 is 67.7. The van der Waals surface area contributed by atoms with Gasteiger partial charge in [-0.25, -0.2) is 4.39 Å². The molecule has 1 aliphatic heterocycles. The molecule has 1 unspecified atom stereocenters. The summed E-state index contributed by atoms with van der Waals surface area (Å²) in [5, 5.41) is 10.4. The quantitative estimate of drug-likeness (QED) is 0.336. The molecule has 0 saturated carbocycles. The van der Waals surface area contributed by atoms with Crippen LogP contribution in [0.5, 0.6) is 11.5 Å². The van der Waals surface area contributed by atoms with Crippen molar-refractivity contribution in [3.63, 3.8) is 0 Å². The highest BCUT2D eigenvalue weighted by molar-refractivity contribution is 9.10. The molecule has 1 aromatic heterocycles. The minimum Gasteiger partial charge on any atom is -0.497 e. The number of halogens is 5. The van der Waals surface area contributed by atoms with E-state index in [1.165, 1.54) is 18.1 Å². The van der Waals surface area contributed by atoms with E-state index in [0.29, 0.717) is 46.1 Å². The molecule has 2 heterocycles. The third-order valence-corrected chi connectivity index (χ3v) is 7.14. The Hall–Kier alpha value is -3.18. The molecule has 0 saturated heterocycles. The van der Waals surface area contributed by atoms with Crippen LogP contribution in [-0.2, 0) is 23.2 Å². The SMILES string of the molecule is COc1cccc(O[C@H]2CCc3cc(C(O)([C@@H](C)F)C(F)(F)F)ccc3N(C(=O)Cc3cncc(Br)c3)C2)c1. The van der Waals surface area contributed by atoms with Crippen molar-refractivity contribution in [1.29, 1.82) is 0 Å². The third kappa shape index (κ3) is 6.19. The van der Waals surface area contributed by atoms with E-state index in [0.717, 1.165) is 12.1 Å². The second-order valence-corrected chi connectivity index (χ2v) is 10.3. The van der Waals surface area contributed by atoms with Crippen molar-refractivity contribution >= 4 is 27.5 Å². The molecule has 39 heavy (non-hydrogen) atoms. The number of benzene rings is 2. The maximum Gasteiger partial charge on any atom is 0.424 e. The van der Waals surface area contributed by atoms with Crippen molar-refractivity contribution in [2.45, 2.75) is 50.2 Å². The van der Waals surface area contributed by atoms with Crippen LogP contribution < -0.4 is 14.4 Å². The number of anilines is 1. The number of aliphatic hydroxyl groups is 1. The Morgan fingerprint density at radius 2 is 1.92 bits per heavy atom. The van der Waals surface area contributed by atoms with Crippen molar-refractivity contribution in [2.24, 2.45) is 0 Å². The summed E-state index contributed by atoms with van der Waals surface area (Å²) in [4.78, 5) is 19.1. The van der Waals surface area contributed by atoms with Crippen LogP contribution >= 0.6 is 15.9 Å². The Labute approximate surface area is 231 Å². The van der Waals surface area contributed by atoms with E-state index in [2.05, 4.69) is 20.9 Å². The molecular weight excluding hydrogens is 584 g/mol. The summed E-state index contributed by atoms with van der Waals surface area (Å²) in [7, 11) is 1.52. The van der Waals surface area contributed by atoms with Gasteiger partial charge in [-0.05, 0) is 76.7 Å². The molecule has 0 fully saturated rings. The molecule has 1 amide bonds. The molecule has 1 N–H and O–H groups in total. The van der Waals surface area contributed by atoms with E-state index in [4.69, 9.17) is 9.47 Å². The monoisotopic (exact) mass is 610 g/mol. The second kappa shape index (κ2) is 11.5. The average Bonchev–Trinajstić information content (AvgIpc) is 3.06. The van der Waals surface area contributed by atoms with Crippen molar-refractivity contribution < 1.29 is 36.9 Å². The van der Waals surface area contributed by atoms with E-state index >= 15 is 0 Å². The molecule has 6 nitrogen and oxygen atoms in total. The van der Waals surface area contributed by atoms with Crippen molar-refractivity contribution in [1.82, 2.24) is 4.98 Å². The number of pyridine rings is 1. The van der Waals surface area contributed by atoms with Crippen LogP contribution in [0.1, 0.15) is 30.0 Å². The lowest BCUT2D eigenvalue weighted by Gasteiger charge is -2.33. The van der Waals surface area contributed by atoms with Gasteiger partial charge in [-0.15, -0.1) is 0 Å². The fourth-order valence-electron chi connectivity index (χ4n) is 4.64. The number of fused-ring (bicyclic) bond motifs is 1. The maximum atomic E-state index is 14.2. The van der Waals surface area contributed by atoms with E-state index < -0.39 is 29.6 Å². The molecule has 11 heteroatoms. The van der Waals surface area contributed by atoms with Crippen LogP contribution in [0.3, 0.4) is 0 Å². The Kier molecular flexibility index (Phi) is 8.51. The zero-order valence-corrected chi connectivity index (χ0v) is 22.8. The summed E-state index contributed by atoms with van der Waals surface area (Å²) in [6, 6.07) is 12.2. The second-order valence-electron chi connectivity index (χ2n) is 9.37. The van der Waals surface area contributed by atoms with Crippen LogP contribution in [-0.4, -0.2) is 48.1 Å². The Morgan fingerprint density at radius 3 is 2.59 bits per heavy atom. The standard InChI is InChI=1S/C28H27BrF4N2O4/c1-17(30)27(37,28(31,32)33)20-7-9-25-19(12-20)6-8-24(39-23-5-3-4-22(13-23)38-2)16-35(25)26(36)11-18-10-21(29)15-34-14-18/h3-5,7,9-10,12-15,17,24,37H,6,8,11,16H2,1-2H3/t17-,24+,27?/m1/s1. The summed E-state index contributed by atoms with van der Waals surface area (Å²) >= 11 is 3.33. The van der Waals surface area contributed by atoms with Gasteiger partial charge in [0.25, 0.3) is 0 Å². The summed E-state index contributed by atoms with van der Waals surface area (Å²) in [6.45, 7) is 0.784. The predicted octanol–water partition coefficient (Wildman–Crippen LogP) is 5.93. The molecule has 3 aromatic rings.